The molecule has 2 aromatic rings. The molecule has 2 atom stereocenters. The Hall–Kier alpha value is -3.03. The monoisotopic (exact) mass is 363 g/mol. The van der Waals surface area contributed by atoms with E-state index in [2.05, 4.69) is 5.32 Å². The molecule has 1 aromatic heterocycles. The maximum Gasteiger partial charge on any atom is 0.340 e. The van der Waals surface area contributed by atoms with Gasteiger partial charge in [-0.15, -0.1) is 0 Å². The Balaban J connectivity index is 2.37. The Morgan fingerprint density at radius 1 is 1.27 bits per heavy atom. The smallest absolute Gasteiger partial charge is 0.340 e. The number of phenols is 2. The molecule has 1 heterocycles. The molecule has 26 heavy (non-hydrogen) atoms. The quantitative estimate of drug-likeness (QED) is 0.573. The van der Waals surface area contributed by atoms with Crippen molar-refractivity contribution in [2.45, 2.75) is 39.7 Å². The van der Waals surface area contributed by atoms with Gasteiger partial charge in [0.05, 0.1) is 17.4 Å². The highest BCUT2D eigenvalue weighted by atomic mass is 16.4. The zero-order chi connectivity index (χ0) is 19.6. The molecule has 0 saturated carbocycles. The highest BCUT2D eigenvalue weighted by Crippen LogP contribution is 2.32. The van der Waals surface area contributed by atoms with Gasteiger partial charge in [-0.2, -0.15) is 0 Å². The standard InChI is InChI=1S/C18H21NO7/c1-4-8(2)16(17(23)24)19-14(22)7-11-9(3)15-12(21)5-10(20)6-13(15)26-18(11)25/h5-6,8,16,20-21H,4,7H2,1-3H3,(H,19,22)(H,23,24). The third-order valence-electron chi connectivity index (χ3n) is 4.48. The summed E-state index contributed by atoms with van der Waals surface area (Å²) >= 11 is 0. The van der Waals surface area contributed by atoms with E-state index in [1.807, 2.05) is 6.92 Å². The molecule has 0 bridgehead atoms. The number of carbonyl (C=O) groups excluding carboxylic acids is 1. The van der Waals surface area contributed by atoms with Crippen LogP contribution in [0.1, 0.15) is 31.4 Å². The summed E-state index contributed by atoms with van der Waals surface area (Å²) in [7, 11) is 0. The van der Waals surface area contributed by atoms with Gasteiger partial charge < -0.3 is 25.1 Å². The molecule has 0 aliphatic carbocycles. The van der Waals surface area contributed by atoms with Crippen LogP contribution in [0.3, 0.4) is 0 Å². The lowest BCUT2D eigenvalue weighted by Crippen LogP contribution is -2.45. The lowest BCUT2D eigenvalue weighted by molar-refractivity contribution is -0.143. The molecule has 0 aliphatic heterocycles. The number of fused-ring (bicyclic) bond motifs is 1. The molecular weight excluding hydrogens is 342 g/mol. The summed E-state index contributed by atoms with van der Waals surface area (Å²) in [5.41, 5.74) is -0.439. The first kappa shape index (κ1) is 19.3. The van der Waals surface area contributed by atoms with Gasteiger partial charge in [-0.25, -0.2) is 9.59 Å². The summed E-state index contributed by atoms with van der Waals surface area (Å²) < 4.78 is 5.09. The molecule has 0 radical (unpaired) electrons. The fraction of sp³-hybridized carbons (Fsp3) is 0.389. The highest BCUT2D eigenvalue weighted by Gasteiger charge is 2.26. The first-order valence-corrected chi connectivity index (χ1v) is 8.16. The van der Waals surface area contributed by atoms with E-state index >= 15 is 0 Å². The van der Waals surface area contributed by atoms with E-state index in [4.69, 9.17) is 4.42 Å². The Bertz CT molecular complexity index is 916. The number of carboxylic acid groups (broad SMARTS) is 1. The van der Waals surface area contributed by atoms with Crippen molar-refractivity contribution >= 4 is 22.8 Å². The number of aromatic hydroxyl groups is 2. The minimum absolute atomic E-state index is 0.00261. The lowest BCUT2D eigenvalue weighted by Gasteiger charge is -2.20. The van der Waals surface area contributed by atoms with Crippen molar-refractivity contribution in [2.75, 3.05) is 0 Å². The van der Waals surface area contributed by atoms with Gasteiger partial charge >= 0.3 is 11.6 Å². The molecule has 8 heteroatoms. The van der Waals surface area contributed by atoms with Gasteiger partial charge in [0, 0.05) is 12.1 Å². The number of carbonyl (C=O) groups is 2. The zero-order valence-corrected chi connectivity index (χ0v) is 14.7. The van der Waals surface area contributed by atoms with Crippen molar-refractivity contribution in [3.8, 4) is 11.5 Å². The Labute approximate surface area is 149 Å². The van der Waals surface area contributed by atoms with Crippen LogP contribution in [-0.2, 0) is 16.0 Å². The minimum atomic E-state index is -1.15. The molecule has 2 unspecified atom stereocenters. The molecule has 2 rings (SSSR count). The van der Waals surface area contributed by atoms with Crippen LogP contribution in [-0.4, -0.2) is 33.2 Å². The van der Waals surface area contributed by atoms with E-state index in [1.165, 1.54) is 6.07 Å². The second kappa shape index (κ2) is 7.47. The molecule has 0 saturated heterocycles. The SMILES string of the molecule is CCC(C)C(NC(=O)Cc1c(C)c2c(O)cc(O)cc2oc1=O)C(=O)O. The van der Waals surface area contributed by atoms with Crippen molar-refractivity contribution < 1.29 is 29.3 Å². The van der Waals surface area contributed by atoms with E-state index in [9.17, 15) is 29.7 Å². The van der Waals surface area contributed by atoms with Gasteiger partial charge in [-0.05, 0) is 18.4 Å². The number of nitrogens with one attached hydrogen (secondary N) is 1. The number of aliphatic carboxylic acids is 1. The van der Waals surface area contributed by atoms with E-state index in [-0.39, 0.29) is 40.4 Å². The molecular formula is C18H21NO7. The fourth-order valence-corrected chi connectivity index (χ4v) is 2.78. The summed E-state index contributed by atoms with van der Waals surface area (Å²) in [4.78, 5) is 35.8. The van der Waals surface area contributed by atoms with Gasteiger partial charge in [0.2, 0.25) is 5.91 Å². The van der Waals surface area contributed by atoms with Gasteiger partial charge in [0.15, 0.2) is 0 Å². The van der Waals surface area contributed by atoms with Crippen molar-refractivity contribution in [3.63, 3.8) is 0 Å². The van der Waals surface area contributed by atoms with E-state index in [1.54, 1.807) is 13.8 Å². The summed E-state index contributed by atoms with van der Waals surface area (Å²) in [6, 6.07) is 1.23. The summed E-state index contributed by atoms with van der Waals surface area (Å²) in [6.45, 7) is 5.06. The molecule has 1 aromatic carbocycles. The van der Waals surface area contributed by atoms with E-state index in [0.29, 0.717) is 12.0 Å². The van der Waals surface area contributed by atoms with Crippen LogP contribution in [0.25, 0.3) is 11.0 Å². The Kier molecular flexibility index (Phi) is 5.54. The third kappa shape index (κ3) is 3.79. The average molecular weight is 363 g/mol. The van der Waals surface area contributed by atoms with Gasteiger partial charge in [0.1, 0.15) is 23.1 Å². The Morgan fingerprint density at radius 2 is 1.92 bits per heavy atom. The largest absolute Gasteiger partial charge is 0.508 e. The van der Waals surface area contributed by atoms with Crippen LogP contribution in [0, 0.1) is 12.8 Å². The number of hydrogen-bond acceptors (Lipinski definition) is 6. The number of amides is 1. The van der Waals surface area contributed by atoms with Crippen molar-refractivity contribution in [1.82, 2.24) is 5.32 Å². The average Bonchev–Trinajstić information content (AvgIpc) is 2.54. The summed E-state index contributed by atoms with van der Waals surface area (Å²) in [5.74, 6) is -2.61. The predicted octanol–water partition coefficient (Wildman–Crippen LogP) is 1.67. The van der Waals surface area contributed by atoms with Crippen LogP contribution in [0.2, 0.25) is 0 Å². The second-order valence-electron chi connectivity index (χ2n) is 6.28. The lowest BCUT2D eigenvalue weighted by atomic mass is 9.98. The number of aryl methyl sites for hydroxylation is 1. The number of benzene rings is 1. The Morgan fingerprint density at radius 3 is 2.50 bits per heavy atom. The molecule has 1 amide bonds. The van der Waals surface area contributed by atoms with Crippen LogP contribution in [0.5, 0.6) is 11.5 Å². The predicted molar refractivity (Wildman–Crippen MR) is 93.3 cm³/mol. The first-order chi connectivity index (χ1) is 12.1. The third-order valence-corrected chi connectivity index (χ3v) is 4.48. The second-order valence-corrected chi connectivity index (χ2v) is 6.28. The van der Waals surface area contributed by atoms with Crippen LogP contribution in [0.4, 0.5) is 0 Å². The minimum Gasteiger partial charge on any atom is -0.508 e. The van der Waals surface area contributed by atoms with E-state index in [0.717, 1.165) is 6.07 Å². The van der Waals surface area contributed by atoms with Crippen LogP contribution < -0.4 is 10.9 Å². The van der Waals surface area contributed by atoms with Gasteiger partial charge in [-0.1, -0.05) is 20.3 Å². The zero-order valence-electron chi connectivity index (χ0n) is 14.7. The number of rotatable bonds is 6. The van der Waals surface area contributed by atoms with Crippen LogP contribution in [0.15, 0.2) is 21.3 Å². The number of phenolic OH excluding ortho intramolecular Hbond substituents is 2. The molecule has 8 nitrogen and oxygen atoms in total. The maximum absolute atomic E-state index is 12.3. The number of hydrogen-bond donors (Lipinski definition) is 4. The fourth-order valence-electron chi connectivity index (χ4n) is 2.78. The molecule has 4 N–H and O–H groups in total. The van der Waals surface area contributed by atoms with Gasteiger partial charge in [0.25, 0.3) is 0 Å². The molecule has 0 aliphatic rings. The van der Waals surface area contributed by atoms with Gasteiger partial charge in [-0.3, -0.25) is 4.79 Å². The van der Waals surface area contributed by atoms with Crippen molar-refractivity contribution in [2.24, 2.45) is 5.92 Å². The van der Waals surface area contributed by atoms with Crippen molar-refractivity contribution in [1.29, 1.82) is 0 Å². The van der Waals surface area contributed by atoms with Crippen LogP contribution >= 0.6 is 0 Å². The highest BCUT2D eigenvalue weighted by molar-refractivity contribution is 5.90. The summed E-state index contributed by atoms with van der Waals surface area (Å²) in [6.07, 6.45) is 0.177. The molecule has 0 spiro atoms. The van der Waals surface area contributed by atoms with Crippen molar-refractivity contribution in [3.05, 3.63) is 33.7 Å². The summed E-state index contributed by atoms with van der Waals surface area (Å²) in [5, 5.41) is 31.4. The molecule has 0 fully saturated rings. The topological polar surface area (TPSA) is 137 Å². The van der Waals surface area contributed by atoms with E-state index < -0.39 is 23.5 Å². The maximum atomic E-state index is 12.3. The number of carboxylic acids is 1. The molecule has 140 valence electrons. The first-order valence-electron chi connectivity index (χ1n) is 8.16. The normalized spacial score (nSPS) is 13.3.